The van der Waals surface area contributed by atoms with Gasteiger partial charge in [0.25, 0.3) is 0 Å². The molecule has 0 aromatic rings. The van der Waals surface area contributed by atoms with Gasteiger partial charge in [0.1, 0.15) is 0 Å². The lowest BCUT2D eigenvalue weighted by molar-refractivity contribution is -0.178. The van der Waals surface area contributed by atoms with E-state index < -0.39 is 30.1 Å². The second-order valence-electron chi connectivity index (χ2n) is 5.43. The van der Waals surface area contributed by atoms with Gasteiger partial charge in [0.2, 0.25) is 6.10 Å². The van der Waals surface area contributed by atoms with Gasteiger partial charge >= 0.3 is 17.9 Å². The summed E-state index contributed by atoms with van der Waals surface area (Å²) in [5.41, 5.74) is 0. The van der Waals surface area contributed by atoms with Crippen molar-refractivity contribution in [2.45, 2.75) is 63.6 Å². The van der Waals surface area contributed by atoms with Gasteiger partial charge in [-0.1, -0.05) is 32.1 Å². The predicted octanol–water partition coefficient (Wildman–Crippen LogP) is 1.18. The van der Waals surface area contributed by atoms with Crippen LogP contribution in [0.15, 0.2) is 0 Å². The Kier molecular flexibility index (Phi) is 7.14. The summed E-state index contributed by atoms with van der Waals surface area (Å²) in [6.07, 6.45) is 3.16. The molecule has 0 spiro atoms. The summed E-state index contributed by atoms with van der Waals surface area (Å²) in [6.45, 7) is 0. The Morgan fingerprint density at radius 3 is 2.19 bits per heavy atom. The number of carboxylic acids is 2. The molecule has 1 fully saturated rings. The first kappa shape index (κ1) is 17.4. The van der Waals surface area contributed by atoms with Gasteiger partial charge in [-0.25, -0.2) is 9.59 Å². The second kappa shape index (κ2) is 8.61. The zero-order valence-corrected chi connectivity index (χ0v) is 11.9. The molecule has 0 amide bonds. The number of carbonyl (C=O) groups excluding carboxylic acids is 1. The number of esters is 1. The van der Waals surface area contributed by atoms with Crippen LogP contribution in [0, 0.1) is 5.92 Å². The number of carbonyl (C=O) groups is 3. The first-order valence-corrected chi connectivity index (χ1v) is 7.25. The van der Waals surface area contributed by atoms with E-state index in [-0.39, 0.29) is 6.42 Å². The molecular weight excluding hydrogens is 280 g/mol. The lowest BCUT2D eigenvalue weighted by Crippen LogP contribution is -2.42. The molecule has 1 rings (SSSR count). The normalized spacial score (nSPS) is 18.7. The van der Waals surface area contributed by atoms with Crippen LogP contribution in [0.5, 0.6) is 0 Å². The molecule has 2 unspecified atom stereocenters. The minimum atomic E-state index is -2.26. The third kappa shape index (κ3) is 6.12. The van der Waals surface area contributed by atoms with E-state index in [1.165, 1.54) is 19.3 Å². The largest absolute Gasteiger partial charge is 0.479 e. The second-order valence-corrected chi connectivity index (χ2v) is 5.43. The molecule has 1 aliphatic rings. The summed E-state index contributed by atoms with van der Waals surface area (Å²) in [6, 6.07) is 0. The van der Waals surface area contributed by atoms with Gasteiger partial charge < -0.3 is 20.1 Å². The van der Waals surface area contributed by atoms with Gasteiger partial charge in [-0.3, -0.25) is 4.79 Å². The number of aliphatic carboxylic acids is 2. The molecular formula is C14H22O7. The molecule has 1 aliphatic carbocycles. The Hall–Kier alpha value is -1.63. The van der Waals surface area contributed by atoms with Crippen LogP contribution < -0.4 is 0 Å². The highest BCUT2D eigenvalue weighted by Gasteiger charge is 2.35. The highest BCUT2D eigenvalue weighted by molar-refractivity contribution is 5.85. The molecule has 0 saturated heterocycles. The van der Waals surface area contributed by atoms with Gasteiger partial charge in [0.15, 0.2) is 6.10 Å². The fraction of sp³-hybridized carbons (Fsp3) is 0.786. The fourth-order valence-corrected chi connectivity index (χ4v) is 2.59. The minimum absolute atomic E-state index is 0.0343. The zero-order chi connectivity index (χ0) is 15.8. The van der Waals surface area contributed by atoms with E-state index in [0.29, 0.717) is 12.3 Å². The predicted molar refractivity (Wildman–Crippen MR) is 71.6 cm³/mol. The molecule has 3 N–H and O–H groups in total. The van der Waals surface area contributed by atoms with Crippen LogP contribution in [0.25, 0.3) is 0 Å². The molecule has 7 heteroatoms. The average Bonchev–Trinajstić information content (AvgIpc) is 2.44. The summed E-state index contributed by atoms with van der Waals surface area (Å²) >= 11 is 0. The molecule has 0 heterocycles. The van der Waals surface area contributed by atoms with Crippen molar-refractivity contribution in [2.24, 2.45) is 5.92 Å². The zero-order valence-electron chi connectivity index (χ0n) is 11.9. The van der Waals surface area contributed by atoms with E-state index in [2.05, 4.69) is 4.74 Å². The Balaban J connectivity index is 2.33. The van der Waals surface area contributed by atoms with Crippen LogP contribution in [0.2, 0.25) is 0 Å². The van der Waals surface area contributed by atoms with Crippen LogP contribution >= 0.6 is 0 Å². The summed E-state index contributed by atoms with van der Waals surface area (Å²) in [4.78, 5) is 32.9. The first-order chi connectivity index (χ1) is 9.91. The molecule has 0 aliphatic heterocycles. The van der Waals surface area contributed by atoms with Crippen molar-refractivity contribution in [1.82, 2.24) is 0 Å². The van der Waals surface area contributed by atoms with Crippen LogP contribution in [0.3, 0.4) is 0 Å². The molecule has 120 valence electrons. The molecule has 7 nitrogen and oxygen atoms in total. The van der Waals surface area contributed by atoms with Crippen LogP contribution in [0.1, 0.15) is 51.4 Å². The van der Waals surface area contributed by atoms with E-state index in [4.69, 9.17) is 10.2 Å². The maximum absolute atomic E-state index is 11.5. The van der Waals surface area contributed by atoms with Gasteiger partial charge in [0, 0.05) is 6.42 Å². The highest BCUT2D eigenvalue weighted by atomic mass is 16.6. The van der Waals surface area contributed by atoms with Gasteiger partial charge in [-0.15, -0.1) is 0 Å². The van der Waals surface area contributed by atoms with Crippen molar-refractivity contribution in [1.29, 1.82) is 0 Å². The van der Waals surface area contributed by atoms with Crippen molar-refractivity contribution in [3.8, 4) is 0 Å². The number of aliphatic hydroxyl groups excluding tert-OH is 1. The van der Waals surface area contributed by atoms with Crippen molar-refractivity contribution in [2.75, 3.05) is 0 Å². The third-order valence-electron chi connectivity index (χ3n) is 3.76. The van der Waals surface area contributed by atoms with Crippen LogP contribution in [0.4, 0.5) is 0 Å². The molecule has 1 saturated carbocycles. The Labute approximate surface area is 122 Å². The quantitative estimate of drug-likeness (QED) is 0.575. The van der Waals surface area contributed by atoms with Gasteiger partial charge in [0.05, 0.1) is 0 Å². The summed E-state index contributed by atoms with van der Waals surface area (Å²) < 4.78 is 4.56. The average molecular weight is 302 g/mol. The summed E-state index contributed by atoms with van der Waals surface area (Å²) in [5.74, 6) is -3.60. The smallest absolute Gasteiger partial charge is 0.348 e. The molecule has 21 heavy (non-hydrogen) atoms. The SMILES string of the molecule is O=C(CCCC1CCCCC1)OC(C(=O)O)C(O)C(=O)O. The lowest BCUT2D eigenvalue weighted by Gasteiger charge is -2.21. The number of hydrogen-bond donors (Lipinski definition) is 3. The van der Waals surface area contributed by atoms with Crippen molar-refractivity contribution >= 4 is 17.9 Å². The number of hydrogen-bond acceptors (Lipinski definition) is 5. The molecule has 0 aromatic heterocycles. The topological polar surface area (TPSA) is 121 Å². The Morgan fingerprint density at radius 1 is 1.05 bits per heavy atom. The van der Waals surface area contributed by atoms with Crippen LogP contribution in [-0.4, -0.2) is 45.4 Å². The monoisotopic (exact) mass is 302 g/mol. The van der Waals surface area contributed by atoms with E-state index in [1.54, 1.807) is 0 Å². The number of ether oxygens (including phenoxy) is 1. The maximum atomic E-state index is 11.5. The summed E-state index contributed by atoms with van der Waals surface area (Å²) in [5, 5.41) is 26.5. The minimum Gasteiger partial charge on any atom is -0.479 e. The Morgan fingerprint density at radius 2 is 1.67 bits per heavy atom. The third-order valence-corrected chi connectivity index (χ3v) is 3.76. The van der Waals surface area contributed by atoms with Crippen molar-refractivity contribution < 1.29 is 34.4 Å². The number of carboxylic acid groups (broad SMARTS) is 2. The van der Waals surface area contributed by atoms with Crippen molar-refractivity contribution in [3.05, 3.63) is 0 Å². The van der Waals surface area contributed by atoms with Gasteiger partial charge in [-0.05, 0) is 18.8 Å². The van der Waals surface area contributed by atoms with E-state index in [0.717, 1.165) is 19.3 Å². The van der Waals surface area contributed by atoms with Crippen molar-refractivity contribution in [3.63, 3.8) is 0 Å². The van der Waals surface area contributed by atoms with Gasteiger partial charge in [-0.2, -0.15) is 0 Å². The van der Waals surface area contributed by atoms with E-state index in [9.17, 15) is 19.5 Å². The Bertz CT molecular complexity index is 374. The molecule has 0 bridgehead atoms. The summed E-state index contributed by atoms with van der Waals surface area (Å²) in [7, 11) is 0. The standard InChI is InChI=1S/C14H22O7/c15-10(8-4-7-9-5-2-1-3-6-9)21-12(14(19)20)11(16)13(17)18/h9,11-12,16H,1-8H2,(H,17,18)(H,19,20). The number of rotatable bonds is 8. The molecule has 2 atom stereocenters. The molecule has 0 radical (unpaired) electrons. The van der Waals surface area contributed by atoms with Crippen LogP contribution in [-0.2, 0) is 19.1 Å². The van der Waals surface area contributed by atoms with E-state index in [1.807, 2.05) is 0 Å². The maximum Gasteiger partial charge on any atom is 0.348 e. The number of aliphatic hydroxyl groups is 1. The highest BCUT2D eigenvalue weighted by Crippen LogP contribution is 2.27. The molecule has 0 aromatic carbocycles. The fourth-order valence-electron chi connectivity index (χ4n) is 2.59. The lowest BCUT2D eigenvalue weighted by atomic mass is 9.86. The van der Waals surface area contributed by atoms with E-state index >= 15 is 0 Å². The first-order valence-electron chi connectivity index (χ1n) is 7.25.